The topological polar surface area (TPSA) is 55.6 Å². The van der Waals surface area contributed by atoms with Gasteiger partial charge in [0, 0.05) is 12.1 Å². The van der Waals surface area contributed by atoms with Crippen LogP contribution in [-0.2, 0) is 0 Å². The predicted octanol–water partition coefficient (Wildman–Crippen LogP) is 2.26. The Bertz CT molecular complexity index is 405. The highest BCUT2D eigenvalue weighted by molar-refractivity contribution is 5.34. The van der Waals surface area contributed by atoms with Crippen molar-refractivity contribution in [3.63, 3.8) is 0 Å². The molecule has 0 saturated carbocycles. The summed E-state index contributed by atoms with van der Waals surface area (Å²) in [4.78, 5) is 12.4. The molecule has 1 radical (unpaired) electrons. The molecule has 0 spiro atoms. The number of rotatable bonds is 5. The van der Waals surface area contributed by atoms with E-state index in [1.807, 2.05) is 0 Å². The number of benzene rings is 1. The normalized spacial score (nSPS) is 19.9. The van der Waals surface area contributed by atoms with E-state index in [0.29, 0.717) is 18.4 Å². The Kier molecular flexibility index (Phi) is 4.15. The highest BCUT2D eigenvalue weighted by atomic mass is 16.6. The largest absolute Gasteiger partial charge is 0.494 e. The molecule has 5 heteroatoms. The number of non-ortho nitro benzene ring substituents is 1. The summed E-state index contributed by atoms with van der Waals surface area (Å²) in [5.74, 6) is 0.640. The molecule has 18 heavy (non-hydrogen) atoms. The molecule has 0 N–H and O–H groups in total. The van der Waals surface area contributed by atoms with Gasteiger partial charge in [-0.1, -0.05) is 0 Å². The Labute approximate surface area is 107 Å². The van der Waals surface area contributed by atoms with E-state index in [-0.39, 0.29) is 5.69 Å². The summed E-state index contributed by atoms with van der Waals surface area (Å²) in [6.45, 7) is 1.80. The maximum atomic E-state index is 10.5. The Morgan fingerprint density at radius 3 is 3.00 bits per heavy atom. The molecule has 2 rings (SSSR count). The van der Waals surface area contributed by atoms with Crippen molar-refractivity contribution < 1.29 is 9.66 Å². The van der Waals surface area contributed by atoms with Crippen molar-refractivity contribution in [1.29, 1.82) is 0 Å². The van der Waals surface area contributed by atoms with Crippen molar-refractivity contribution >= 4 is 5.69 Å². The maximum absolute atomic E-state index is 10.5. The first-order valence-corrected chi connectivity index (χ1v) is 6.16. The van der Waals surface area contributed by atoms with Crippen LogP contribution in [0.15, 0.2) is 18.2 Å². The number of nitro benzene ring substituents is 1. The molecule has 5 nitrogen and oxygen atoms in total. The first kappa shape index (κ1) is 12.8. The average molecular weight is 249 g/mol. The van der Waals surface area contributed by atoms with Crippen molar-refractivity contribution in [3.05, 3.63) is 34.4 Å². The Morgan fingerprint density at radius 2 is 2.44 bits per heavy atom. The van der Waals surface area contributed by atoms with Gasteiger partial charge in [0.1, 0.15) is 5.75 Å². The van der Waals surface area contributed by atoms with Crippen molar-refractivity contribution in [2.75, 3.05) is 20.2 Å². The summed E-state index contributed by atoms with van der Waals surface area (Å²) < 4.78 is 5.57. The summed E-state index contributed by atoms with van der Waals surface area (Å²) in [5, 5.41) is 10.5. The molecule has 0 aliphatic carbocycles. The first-order chi connectivity index (χ1) is 8.66. The van der Waals surface area contributed by atoms with Crippen molar-refractivity contribution in [2.24, 2.45) is 0 Å². The smallest absolute Gasteiger partial charge is 0.277 e. The van der Waals surface area contributed by atoms with Crippen LogP contribution < -0.4 is 4.74 Å². The lowest BCUT2D eigenvalue weighted by atomic mass is 10.1. The molecule has 1 heterocycles. The molecule has 1 aromatic carbocycles. The molecule has 1 aliphatic rings. The number of nitro groups is 1. The Balaban J connectivity index is 1.78. The second-order valence-electron chi connectivity index (χ2n) is 4.58. The second-order valence-corrected chi connectivity index (χ2v) is 4.58. The molecule has 0 amide bonds. The lowest BCUT2D eigenvalue weighted by Crippen LogP contribution is -2.26. The summed E-state index contributed by atoms with van der Waals surface area (Å²) in [6.07, 6.45) is 3.48. The van der Waals surface area contributed by atoms with Crippen molar-refractivity contribution in [3.8, 4) is 5.75 Å². The molecular formula is C13H17N2O3. The van der Waals surface area contributed by atoms with E-state index in [9.17, 15) is 10.1 Å². The van der Waals surface area contributed by atoms with Gasteiger partial charge in [-0.2, -0.15) is 0 Å². The third-order valence-corrected chi connectivity index (χ3v) is 3.36. The standard InChI is InChI=1S/C13H17N2O3/c1-14-9-2-3-11(14)8-10-18-13-6-4-12(5-7-13)15(16)17/h4,6-7,11H,2-3,8-10H2,1H3. The van der Waals surface area contributed by atoms with Crippen LogP contribution in [0, 0.1) is 16.2 Å². The Morgan fingerprint density at radius 1 is 1.61 bits per heavy atom. The number of ether oxygens (including phenoxy) is 1. The van der Waals surface area contributed by atoms with E-state index in [1.165, 1.54) is 25.0 Å². The van der Waals surface area contributed by atoms with Crippen LogP contribution in [0.25, 0.3) is 0 Å². The lowest BCUT2D eigenvalue weighted by molar-refractivity contribution is -0.385. The first-order valence-electron chi connectivity index (χ1n) is 6.16. The van der Waals surface area contributed by atoms with Crippen LogP contribution in [0.3, 0.4) is 0 Å². The quantitative estimate of drug-likeness (QED) is 0.593. The van der Waals surface area contributed by atoms with Gasteiger partial charge in [-0.3, -0.25) is 10.1 Å². The molecule has 97 valence electrons. The fraction of sp³-hybridized carbons (Fsp3) is 0.538. The van der Waals surface area contributed by atoms with E-state index in [0.717, 1.165) is 13.0 Å². The van der Waals surface area contributed by atoms with Gasteiger partial charge in [-0.25, -0.2) is 0 Å². The molecule has 0 aromatic heterocycles. The van der Waals surface area contributed by atoms with E-state index >= 15 is 0 Å². The minimum absolute atomic E-state index is 0.0297. The SMILES string of the molecule is CN1CCCC1CCOc1c[c]c([N+](=O)[O-])cc1. The highest BCUT2D eigenvalue weighted by Gasteiger charge is 2.20. The molecule has 0 bridgehead atoms. The minimum Gasteiger partial charge on any atom is -0.494 e. The van der Waals surface area contributed by atoms with Crippen LogP contribution in [0.5, 0.6) is 5.75 Å². The lowest BCUT2D eigenvalue weighted by Gasteiger charge is -2.19. The van der Waals surface area contributed by atoms with Crippen LogP contribution in [0.2, 0.25) is 0 Å². The van der Waals surface area contributed by atoms with Crippen molar-refractivity contribution in [1.82, 2.24) is 4.90 Å². The summed E-state index contributed by atoms with van der Waals surface area (Å²) in [5.41, 5.74) is -0.0297. The van der Waals surface area contributed by atoms with Gasteiger partial charge in [0.15, 0.2) is 0 Å². The fourth-order valence-corrected chi connectivity index (χ4v) is 2.26. The highest BCUT2D eigenvalue weighted by Crippen LogP contribution is 2.20. The van der Waals surface area contributed by atoms with Crippen LogP contribution in [0.1, 0.15) is 19.3 Å². The predicted molar refractivity (Wildman–Crippen MR) is 67.7 cm³/mol. The third kappa shape index (κ3) is 3.20. The average Bonchev–Trinajstić information content (AvgIpc) is 2.76. The van der Waals surface area contributed by atoms with Gasteiger partial charge in [0.2, 0.25) is 0 Å². The molecular weight excluding hydrogens is 232 g/mol. The summed E-state index contributed by atoms with van der Waals surface area (Å²) >= 11 is 0. The fourth-order valence-electron chi connectivity index (χ4n) is 2.26. The van der Waals surface area contributed by atoms with E-state index in [2.05, 4.69) is 18.0 Å². The summed E-state index contributed by atoms with van der Waals surface area (Å²) in [7, 11) is 2.14. The minimum atomic E-state index is -0.461. The second kappa shape index (κ2) is 5.82. The van der Waals surface area contributed by atoms with Crippen LogP contribution >= 0.6 is 0 Å². The number of hydrogen-bond donors (Lipinski definition) is 0. The molecule has 1 aliphatic heterocycles. The number of likely N-dealkylation sites (tertiary alicyclic amines) is 1. The monoisotopic (exact) mass is 249 g/mol. The zero-order valence-electron chi connectivity index (χ0n) is 10.5. The van der Waals surface area contributed by atoms with Gasteiger partial charge in [0.25, 0.3) is 5.69 Å². The van der Waals surface area contributed by atoms with Crippen LogP contribution in [0.4, 0.5) is 5.69 Å². The maximum Gasteiger partial charge on any atom is 0.277 e. The van der Waals surface area contributed by atoms with E-state index < -0.39 is 4.92 Å². The molecule has 1 aromatic rings. The molecule has 1 fully saturated rings. The van der Waals surface area contributed by atoms with Gasteiger partial charge in [-0.15, -0.1) is 0 Å². The van der Waals surface area contributed by atoms with Gasteiger partial charge >= 0.3 is 0 Å². The van der Waals surface area contributed by atoms with Crippen molar-refractivity contribution in [2.45, 2.75) is 25.3 Å². The van der Waals surface area contributed by atoms with Gasteiger partial charge in [0.05, 0.1) is 17.6 Å². The number of nitrogens with zero attached hydrogens (tertiary/aromatic N) is 2. The van der Waals surface area contributed by atoms with Gasteiger partial charge < -0.3 is 9.64 Å². The zero-order chi connectivity index (χ0) is 13.0. The number of hydrogen-bond acceptors (Lipinski definition) is 4. The zero-order valence-corrected chi connectivity index (χ0v) is 10.5. The molecule has 1 unspecified atom stereocenters. The Hall–Kier alpha value is -1.62. The van der Waals surface area contributed by atoms with Gasteiger partial charge in [-0.05, 0) is 45.0 Å². The van der Waals surface area contributed by atoms with E-state index in [4.69, 9.17) is 4.74 Å². The van der Waals surface area contributed by atoms with Crippen LogP contribution in [-0.4, -0.2) is 36.1 Å². The summed E-state index contributed by atoms with van der Waals surface area (Å²) in [6, 6.07) is 7.75. The molecule has 1 atom stereocenters. The molecule has 1 saturated heterocycles. The van der Waals surface area contributed by atoms with E-state index in [1.54, 1.807) is 6.07 Å². The third-order valence-electron chi connectivity index (χ3n) is 3.36.